The van der Waals surface area contributed by atoms with Crippen molar-refractivity contribution in [3.05, 3.63) is 121 Å². The zero-order chi connectivity index (χ0) is 47.3. The number of nitrogens with zero attached hydrogens (tertiary/aromatic N) is 3. The van der Waals surface area contributed by atoms with Crippen molar-refractivity contribution < 1.29 is 63.8 Å². The molecule has 1 saturated carbocycles. The number of hydrogen-bond acceptors (Lipinski definition) is 15. The van der Waals surface area contributed by atoms with Gasteiger partial charge in [-0.15, -0.1) is 5.10 Å². The molecule has 0 radical (unpaired) electrons. The molecule has 2 aliphatic heterocycles. The summed E-state index contributed by atoms with van der Waals surface area (Å²) in [5.41, 5.74) is 3.27. The van der Waals surface area contributed by atoms with E-state index in [0.29, 0.717) is 12.3 Å². The van der Waals surface area contributed by atoms with Crippen LogP contribution < -0.4 is 5.32 Å². The third-order valence-electron chi connectivity index (χ3n) is 12.4. The van der Waals surface area contributed by atoms with Crippen LogP contribution in [0.3, 0.4) is 0 Å². The Balaban J connectivity index is 1.29. The van der Waals surface area contributed by atoms with Crippen LogP contribution in [-0.4, -0.2) is 132 Å². The zero-order valence-electron chi connectivity index (χ0n) is 38.5. The second-order valence-corrected chi connectivity index (χ2v) is 16.7. The number of aliphatic hydroxyl groups excluding tert-OH is 2. The second-order valence-electron chi connectivity index (χ2n) is 16.7. The molecule has 3 aliphatic rings. The molecule has 6 unspecified atom stereocenters. The van der Waals surface area contributed by atoms with Crippen molar-refractivity contribution in [1.82, 2.24) is 20.3 Å². The maximum Gasteiger partial charge on any atom is 0.407 e. The van der Waals surface area contributed by atoms with Crippen molar-refractivity contribution in [1.29, 1.82) is 0 Å². The number of aliphatic hydroxyl groups is 2. The lowest BCUT2D eigenvalue weighted by Gasteiger charge is -2.49. The van der Waals surface area contributed by atoms with Gasteiger partial charge < -0.3 is 58.2 Å². The highest BCUT2D eigenvalue weighted by Crippen LogP contribution is 2.42. The van der Waals surface area contributed by atoms with Crippen molar-refractivity contribution in [2.45, 2.75) is 120 Å². The summed E-state index contributed by atoms with van der Waals surface area (Å²) in [6, 6.07) is 26.9. The Bertz CT molecular complexity index is 2140. The Labute approximate surface area is 386 Å². The maximum atomic E-state index is 13.6. The molecule has 3 aromatic carbocycles. The SMILES string of the molecule is [3H]CCOC[C@@H]1O[C@@H](O[C@@H]2CC(C(=O)OC)CC(n3cc(-c4ccccc4)nn3)[C@H]2O[C@@H]2OC(C)[C@@H](C)[C@H](OCc3ccccc3)C2OCc2ccccc2)C(NC(=O)OCC=C)C(O)[C@H]1O. The molecular formula is C49H62N4O13. The average Bonchev–Trinajstić information content (AvgIpc) is 3.85. The summed E-state index contributed by atoms with van der Waals surface area (Å²) in [5.74, 6) is -1.45. The Morgan fingerprint density at radius 2 is 1.55 bits per heavy atom. The van der Waals surface area contributed by atoms with E-state index in [2.05, 4.69) is 22.2 Å². The number of esters is 1. The number of carbonyl (C=O) groups is 2. The van der Waals surface area contributed by atoms with Crippen LogP contribution in [0.25, 0.3) is 11.3 Å². The highest BCUT2D eigenvalue weighted by molar-refractivity contribution is 5.72. The third kappa shape index (κ3) is 12.1. The minimum atomic E-state index is -1.65. The second kappa shape index (κ2) is 23.6. The number of hydrogen-bond donors (Lipinski definition) is 3. The smallest absolute Gasteiger partial charge is 0.407 e. The Hall–Kier alpha value is -5.08. The molecule has 14 atom stereocenters. The largest absolute Gasteiger partial charge is 0.469 e. The lowest BCUT2D eigenvalue weighted by Crippen LogP contribution is -2.66. The van der Waals surface area contributed by atoms with Crippen LogP contribution in [0.15, 0.2) is 110 Å². The molecule has 17 heteroatoms. The fraction of sp³-hybridized carbons (Fsp3) is 0.510. The number of alkyl carbamates (subject to hydrolysis) is 1. The van der Waals surface area contributed by atoms with Crippen LogP contribution >= 0.6 is 0 Å². The lowest BCUT2D eigenvalue weighted by atomic mass is 9.81. The van der Waals surface area contributed by atoms with E-state index in [9.17, 15) is 19.8 Å². The number of nitrogens with one attached hydrogen (secondary N) is 1. The Morgan fingerprint density at radius 1 is 0.879 bits per heavy atom. The normalized spacial score (nSPS) is 31.3. The molecule has 0 spiro atoms. The van der Waals surface area contributed by atoms with E-state index in [-0.39, 0.29) is 58.2 Å². The van der Waals surface area contributed by atoms with Gasteiger partial charge in [0.25, 0.3) is 0 Å². The molecular weight excluding hydrogens is 853 g/mol. The van der Waals surface area contributed by atoms with Gasteiger partial charge in [-0.3, -0.25) is 4.79 Å². The van der Waals surface area contributed by atoms with Gasteiger partial charge >= 0.3 is 12.1 Å². The van der Waals surface area contributed by atoms with E-state index >= 15 is 0 Å². The van der Waals surface area contributed by atoms with Crippen LogP contribution in [0.1, 0.15) is 52.1 Å². The molecule has 3 heterocycles. The molecule has 1 aromatic heterocycles. The molecule has 356 valence electrons. The molecule has 3 fully saturated rings. The molecule has 7 rings (SSSR count). The van der Waals surface area contributed by atoms with Crippen molar-refractivity contribution in [2.75, 3.05) is 26.9 Å². The van der Waals surface area contributed by atoms with E-state index in [4.69, 9.17) is 44.0 Å². The van der Waals surface area contributed by atoms with Gasteiger partial charge in [-0.1, -0.05) is 116 Å². The Kier molecular flexibility index (Phi) is 16.9. The van der Waals surface area contributed by atoms with E-state index in [1.165, 1.54) is 13.2 Å². The standard InChI is InChI=1S/C49H62N4O13/c1-6-23-60-49(57)50-40-42(55)41(54)39(29-59-7-2)65-47(40)64-38-25-35(46(56)58-5)24-37(53-26-36(51-52-53)34-21-15-10-16-22-34)44(38)66-48-45(62-28-33-19-13-9-14-20-33)43(30(3)31(4)63-48)61-27-32-17-11-8-12-18-32/h6,8-22,26,30-31,35,37-45,47-48,54-55H,1,7,23-25,27-29H2,2-5H3,(H,50,57)/t30-,31?,35?,37?,38-,39+,40?,41+,42?,43+,44-,45?,47-,48+/m1/s1/i2T. The van der Waals surface area contributed by atoms with Crippen LogP contribution in [0, 0.1) is 11.8 Å². The summed E-state index contributed by atoms with van der Waals surface area (Å²) in [7, 11) is 1.31. The number of amides is 1. The van der Waals surface area contributed by atoms with E-state index in [0.717, 1.165) is 16.7 Å². The summed E-state index contributed by atoms with van der Waals surface area (Å²) < 4.78 is 66.0. The molecule has 17 nitrogen and oxygen atoms in total. The van der Waals surface area contributed by atoms with Crippen molar-refractivity contribution >= 4 is 12.1 Å². The first-order valence-corrected chi connectivity index (χ1v) is 22.3. The first kappa shape index (κ1) is 47.4. The maximum absolute atomic E-state index is 13.6. The van der Waals surface area contributed by atoms with Crippen molar-refractivity contribution in [3.63, 3.8) is 0 Å². The van der Waals surface area contributed by atoms with E-state index in [1.54, 1.807) is 10.9 Å². The number of benzene rings is 3. The predicted octanol–water partition coefficient (Wildman–Crippen LogP) is 5.16. The molecule has 1 amide bonds. The number of aromatic nitrogens is 3. The van der Waals surface area contributed by atoms with Crippen molar-refractivity contribution in [3.8, 4) is 11.3 Å². The fourth-order valence-corrected chi connectivity index (χ4v) is 8.67. The summed E-state index contributed by atoms with van der Waals surface area (Å²) >= 11 is 0. The summed E-state index contributed by atoms with van der Waals surface area (Å²) in [5, 5.41) is 34.6. The van der Waals surface area contributed by atoms with Gasteiger partial charge in [0.05, 0.1) is 63.4 Å². The molecule has 3 N–H and O–H groups in total. The summed E-state index contributed by atoms with van der Waals surface area (Å²) in [6.45, 7) is 7.72. The average molecular weight is 917 g/mol. The molecule has 1 aliphatic carbocycles. The van der Waals surface area contributed by atoms with Gasteiger partial charge in [0, 0.05) is 19.5 Å². The van der Waals surface area contributed by atoms with Gasteiger partial charge in [0.1, 0.15) is 48.9 Å². The number of methoxy groups -OCH3 is 1. The summed E-state index contributed by atoms with van der Waals surface area (Å²) in [6.07, 6.45) is -8.36. The van der Waals surface area contributed by atoms with Crippen LogP contribution in [0.4, 0.5) is 4.79 Å². The van der Waals surface area contributed by atoms with E-state index < -0.39 is 85.4 Å². The monoisotopic (exact) mass is 916 g/mol. The van der Waals surface area contributed by atoms with E-state index in [1.807, 2.05) is 105 Å². The third-order valence-corrected chi connectivity index (χ3v) is 12.4. The van der Waals surface area contributed by atoms with Gasteiger partial charge in [-0.2, -0.15) is 0 Å². The quantitative estimate of drug-likeness (QED) is 0.0633. The zero-order valence-corrected chi connectivity index (χ0v) is 37.5. The summed E-state index contributed by atoms with van der Waals surface area (Å²) in [4.78, 5) is 26.7. The van der Waals surface area contributed by atoms with Crippen LogP contribution in [-0.2, 0) is 60.6 Å². The van der Waals surface area contributed by atoms with Gasteiger partial charge in [-0.05, 0) is 37.8 Å². The molecule has 66 heavy (non-hydrogen) atoms. The van der Waals surface area contributed by atoms with Crippen LogP contribution in [0.5, 0.6) is 0 Å². The minimum absolute atomic E-state index is 0.0162. The topological polar surface area (TPSA) is 200 Å². The van der Waals surface area contributed by atoms with Crippen LogP contribution in [0.2, 0.25) is 0 Å². The molecule has 2 saturated heterocycles. The first-order chi connectivity index (χ1) is 32.6. The molecule has 4 aromatic rings. The molecule has 0 bridgehead atoms. The highest BCUT2D eigenvalue weighted by Gasteiger charge is 2.53. The van der Waals surface area contributed by atoms with Gasteiger partial charge in [-0.25, -0.2) is 9.48 Å². The highest BCUT2D eigenvalue weighted by atomic mass is 16.7. The van der Waals surface area contributed by atoms with Gasteiger partial charge in [0.2, 0.25) is 0 Å². The lowest BCUT2D eigenvalue weighted by molar-refractivity contribution is -0.340. The predicted molar refractivity (Wildman–Crippen MR) is 238 cm³/mol. The van der Waals surface area contributed by atoms with Gasteiger partial charge in [0.15, 0.2) is 12.6 Å². The first-order valence-electron chi connectivity index (χ1n) is 23.0. The Morgan fingerprint density at radius 3 is 2.20 bits per heavy atom. The fourth-order valence-electron chi connectivity index (χ4n) is 8.67. The number of rotatable bonds is 19. The van der Waals surface area contributed by atoms with Crippen molar-refractivity contribution in [2.24, 2.45) is 11.8 Å². The minimum Gasteiger partial charge on any atom is -0.469 e. The number of carbonyl (C=O) groups excluding carboxylic acids is 2. The number of ether oxygens (including phenoxy) is 9.